The summed E-state index contributed by atoms with van der Waals surface area (Å²) >= 11 is 0. The number of fused-ring (bicyclic) bond motifs is 5. The fraction of sp³-hybridized carbons (Fsp3) is 0.576. The summed E-state index contributed by atoms with van der Waals surface area (Å²) in [7, 11) is 0. The van der Waals surface area contributed by atoms with Crippen LogP contribution in [0, 0.1) is 5.82 Å². The van der Waals surface area contributed by atoms with Crippen molar-refractivity contribution in [3.63, 3.8) is 0 Å². The van der Waals surface area contributed by atoms with Crippen LogP contribution in [0.25, 0.3) is 33.1 Å². The summed E-state index contributed by atoms with van der Waals surface area (Å²) in [5.74, 6) is 0.774. The van der Waals surface area contributed by atoms with Gasteiger partial charge in [0, 0.05) is 24.1 Å². The van der Waals surface area contributed by atoms with E-state index in [2.05, 4.69) is 33.0 Å². The van der Waals surface area contributed by atoms with Crippen molar-refractivity contribution in [3.05, 3.63) is 29.2 Å². The largest absolute Gasteiger partial charge is 0.475 e. The molecule has 4 aliphatic heterocycles. The zero-order chi connectivity index (χ0) is 29.4. The fourth-order valence-corrected chi connectivity index (χ4v) is 8.66. The quantitative estimate of drug-likeness (QED) is 0.342. The normalized spacial score (nSPS) is 24.5. The standard InChI is InChI=1S/C33H38FN7O3/c1-19-6-2-7-20-14-23-22(15-35-39-23)25(24(19)20)28-27(34)29-26-30(41-12-5-13-42-16-21(41)17-43-31(26)36-28)38-32(37-29)44-18-33-8-3-10-40(33)11-4-9-33/h14-15,19,21H,2-13,16-18H2,1H3,(H,35,39)/t19?,21-/m0/s1. The molecule has 3 saturated heterocycles. The van der Waals surface area contributed by atoms with E-state index in [1.807, 2.05) is 0 Å². The number of nitrogens with zero attached hydrogens (tertiary/aromatic N) is 6. The number of rotatable bonds is 4. The molecule has 0 radical (unpaired) electrons. The summed E-state index contributed by atoms with van der Waals surface area (Å²) < 4.78 is 36.0. The lowest BCUT2D eigenvalue weighted by Crippen LogP contribution is -2.43. The highest BCUT2D eigenvalue weighted by molar-refractivity contribution is 6.02. The van der Waals surface area contributed by atoms with E-state index in [9.17, 15) is 0 Å². The first kappa shape index (κ1) is 26.8. The number of pyridine rings is 1. The maximum Gasteiger partial charge on any atom is 0.319 e. The number of H-pyrrole nitrogens is 1. The van der Waals surface area contributed by atoms with Crippen LogP contribution in [0.1, 0.15) is 68.9 Å². The average Bonchev–Trinajstić information content (AvgIpc) is 3.68. The van der Waals surface area contributed by atoms with E-state index in [1.54, 1.807) is 6.20 Å². The second-order valence-electron chi connectivity index (χ2n) is 13.4. The Hall–Kier alpha value is -3.57. The Morgan fingerprint density at radius 3 is 2.86 bits per heavy atom. The van der Waals surface area contributed by atoms with Crippen LogP contribution in [-0.2, 0) is 11.2 Å². The van der Waals surface area contributed by atoms with Gasteiger partial charge in [-0.2, -0.15) is 15.1 Å². The molecule has 1 unspecified atom stereocenters. The first-order chi connectivity index (χ1) is 21.6. The minimum absolute atomic E-state index is 0.0216. The van der Waals surface area contributed by atoms with Gasteiger partial charge < -0.3 is 19.1 Å². The molecule has 2 atom stereocenters. The minimum Gasteiger partial charge on any atom is -0.475 e. The Morgan fingerprint density at radius 1 is 1.09 bits per heavy atom. The third-order valence-electron chi connectivity index (χ3n) is 10.8. The van der Waals surface area contributed by atoms with E-state index in [0.717, 1.165) is 80.2 Å². The number of aromatic amines is 1. The third kappa shape index (κ3) is 4.04. The number of hydrogen-bond acceptors (Lipinski definition) is 9. The molecule has 9 rings (SSSR count). The third-order valence-corrected chi connectivity index (χ3v) is 10.8. The highest BCUT2D eigenvalue weighted by Crippen LogP contribution is 2.47. The molecular formula is C33H38FN7O3. The zero-order valence-electron chi connectivity index (χ0n) is 25.2. The van der Waals surface area contributed by atoms with Crippen LogP contribution in [0.5, 0.6) is 11.9 Å². The van der Waals surface area contributed by atoms with Gasteiger partial charge in [0.25, 0.3) is 0 Å². The van der Waals surface area contributed by atoms with Gasteiger partial charge in [0.1, 0.15) is 35.6 Å². The second kappa shape index (κ2) is 10.2. The molecule has 44 heavy (non-hydrogen) atoms. The molecule has 5 aliphatic rings. The van der Waals surface area contributed by atoms with Crippen molar-refractivity contribution in [1.29, 1.82) is 0 Å². The highest BCUT2D eigenvalue weighted by Gasteiger charge is 2.45. The van der Waals surface area contributed by atoms with E-state index in [0.29, 0.717) is 43.5 Å². The lowest BCUT2D eigenvalue weighted by atomic mass is 9.79. The van der Waals surface area contributed by atoms with Gasteiger partial charge in [-0.1, -0.05) is 6.92 Å². The average molecular weight is 600 g/mol. The van der Waals surface area contributed by atoms with Crippen molar-refractivity contribution in [2.24, 2.45) is 0 Å². The number of aromatic nitrogens is 5. The van der Waals surface area contributed by atoms with Crippen molar-refractivity contribution >= 4 is 27.6 Å². The van der Waals surface area contributed by atoms with Crippen LogP contribution < -0.4 is 14.4 Å². The highest BCUT2D eigenvalue weighted by atomic mass is 19.1. The van der Waals surface area contributed by atoms with Gasteiger partial charge in [-0.05, 0) is 87.6 Å². The van der Waals surface area contributed by atoms with E-state index in [4.69, 9.17) is 29.2 Å². The van der Waals surface area contributed by atoms with E-state index >= 15 is 4.39 Å². The van der Waals surface area contributed by atoms with Crippen LogP contribution in [0.4, 0.5) is 10.2 Å². The van der Waals surface area contributed by atoms with Gasteiger partial charge in [0.2, 0.25) is 5.88 Å². The van der Waals surface area contributed by atoms with Crippen molar-refractivity contribution in [3.8, 4) is 23.1 Å². The Bertz CT molecular complexity index is 1770. The summed E-state index contributed by atoms with van der Waals surface area (Å²) in [4.78, 5) is 19.5. The topological polar surface area (TPSA) is 102 Å². The summed E-state index contributed by atoms with van der Waals surface area (Å²) in [6, 6.07) is 2.31. The summed E-state index contributed by atoms with van der Waals surface area (Å²) in [6.45, 7) is 7.20. The van der Waals surface area contributed by atoms with Crippen LogP contribution in [0.2, 0.25) is 0 Å². The summed E-state index contributed by atoms with van der Waals surface area (Å²) in [5, 5.41) is 8.83. The number of nitrogens with one attached hydrogen (secondary N) is 1. The predicted molar refractivity (Wildman–Crippen MR) is 164 cm³/mol. The molecule has 11 heteroatoms. The summed E-state index contributed by atoms with van der Waals surface area (Å²) in [6.07, 6.45) is 10.3. The van der Waals surface area contributed by atoms with Crippen molar-refractivity contribution in [2.45, 2.75) is 75.8 Å². The molecule has 10 nitrogen and oxygen atoms in total. The monoisotopic (exact) mass is 599 g/mol. The summed E-state index contributed by atoms with van der Waals surface area (Å²) in [5.41, 5.74) is 4.51. The van der Waals surface area contributed by atoms with Gasteiger partial charge in [-0.15, -0.1) is 0 Å². The van der Waals surface area contributed by atoms with Crippen molar-refractivity contribution < 1.29 is 18.6 Å². The Labute approximate surface area is 255 Å². The number of halogens is 1. The smallest absolute Gasteiger partial charge is 0.319 e. The van der Waals surface area contributed by atoms with E-state index in [-0.39, 0.29) is 34.7 Å². The number of aryl methyl sites for hydroxylation is 1. The Morgan fingerprint density at radius 2 is 1.98 bits per heavy atom. The number of ether oxygens (including phenoxy) is 3. The Balaban J connectivity index is 1.25. The number of hydrogen-bond donors (Lipinski definition) is 1. The lowest BCUT2D eigenvalue weighted by molar-refractivity contribution is 0.107. The van der Waals surface area contributed by atoms with Gasteiger partial charge in [-0.25, -0.2) is 9.37 Å². The lowest BCUT2D eigenvalue weighted by Gasteiger charge is -2.31. The molecule has 3 aromatic heterocycles. The first-order valence-electron chi connectivity index (χ1n) is 16.4. The molecule has 0 saturated carbocycles. The van der Waals surface area contributed by atoms with E-state index < -0.39 is 5.82 Å². The fourth-order valence-electron chi connectivity index (χ4n) is 8.66. The van der Waals surface area contributed by atoms with Crippen LogP contribution in [0.15, 0.2) is 12.3 Å². The Kier molecular flexibility index (Phi) is 6.23. The molecule has 1 aliphatic carbocycles. The van der Waals surface area contributed by atoms with Gasteiger partial charge >= 0.3 is 6.01 Å². The molecule has 0 spiro atoms. The van der Waals surface area contributed by atoms with Crippen molar-refractivity contribution in [2.75, 3.05) is 51.0 Å². The molecular weight excluding hydrogens is 561 g/mol. The maximum atomic E-state index is 17.2. The molecule has 0 amide bonds. The van der Waals surface area contributed by atoms with E-state index in [1.165, 1.54) is 18.4 Å². The van der Waals surface area contributed by atoms with Crippen LogP contribution in [-0.4, -0.2) is 87.7 Å². The molecule has 1 aromatic carbocycles. The zero-order valence-corrected chi connectivity index (χ0v) is 25.2. The molecule has 3 fully saturated rings. The van der Waals surface area contributed by atoms with Crippen LogP contribution >= 0.6 is 0 Å². The van der Waals surface area contributed by atoms with Gasteiger partial charge in [0.05, 0.1) is 29.9 Å². The molecule has 230 valence electrons. The SMILES string of the molecule is CC1CCCc2cc3[nH]ncc3c(-c3nc4c5c(nc(OCC67CCCN6CCC7)nc5c3F)N3CCCOC[C@H]3CO4)c21. The first-order valence-corrected chi connectivity index (χ1v) is 16.4. The maximum absolute atomic E-state index is 17.2. The second-order valence-corrected chi connectivity index (χ2v) is 13.4. The van der Waals surface area contributed by atoms with Crippen molar-refractivity contribution in [1.82, 2.24) is 30.0 Å². The molecule has 1 N–H and O–H groups in total. The predicted octanol–water partition coefficient (Wildman–Crippen LogP) is 5.14. The van der Waals surface area contributed by atoms with Crippen LogP contribution in [0.3, 0.4) is 0 Å². The molecule has 4 aromatic rings. The van der Waals surface area contributed by atoms with Gasteiger partial charge in [0.15, 0.2) is 5.82 Å². The minimum atomic E-state index is -0.472. The molecule has 7 heterocycles. The number of benzene rings is 1. The molecule has 0 bridgehead atoms. The van der Waals surface area contributed by atoms with Gasteiger partial charge in [-0.3, -0.25) is 10.00 Å². The number of anilines is 1.